The second-order valence-electron chi connectivity index (χ2n) is 7.62. The van der Waals surface area contributed by atoms with Gasteiger partial charge in [0, 0.05) is 25.2 Å². The molecule has 0 heterocycles. The van der Waals surface area contributed by atoms with Gasteiger partial charge in [0.1, 0.15) is 0 Å². The number of carbonyl (C=O) groups excluding carboxylic acids is 2. The van der Waals surface area contributed by atoms with E-state index in [-0.39, 0.29) is 11.8 Å². The summed E-state index contributed by atoms with van der Waals surface area (Å²) in [5.74, 6) is -1.82. The Morgan fingerprint density at radius 2 is 1.06 bits per heavy atom. The molecule has 2 amide bonds. The molecule has 0 spiro atoms. The third-order valence-electron chi connectivity index (χ3n) is 4.62. The number of benzene rings is 2. The van der Waals surface area contributed by atoms with Crippen molar-refractivity contribution in [3.63, 3.8) is 0 Å². The maximum Gasteiger partial charge on any atom is 0.221 e. The molecule has 180 valence electrons. The van der Waals surface area contributed by atoms with Crippen LogP contribution < -0.4 is 10.6 Å². The van der Waals surface area contributed by atoms with Crippen LogP contribution in [0.25, 0.3) is 0 Å². The van der Waals surface area contributed by atoms with Gasteiger partial charge < -0.3 is 20.8 Å². The van der Waals surface area contributed by atoms with Gasteiger partial charge in [0.05, 0.1) is 34.5 Å². The first kappa shape index (κ1) is 27.1. The summed E-state index contributed by atoms with van der Waals surface area (Å²) in [5.41, 5.74) is 2.03. The molecule has 0 aromatic heterocycles. The fourth-order valence-electron chi connectivity index (χ4n) is 3.11. The SMILES string of the molecule is CC(=O)Nc1ccc(C(Cl)C(O)CS(=O)(=O)CC(O)C(Cl)c2ccc(NC(C)=O)cc2)cc1. The van der Waals surface area contributed by atoms with E-state index >= 15 is 0 Å². The van der Waals surface area contributed by atoms with Crippen LogP contribution in [-0.2, 0) is 19.4 Å². The lowest BCUT2D eigenvalue weighted by Gasteiger charge is -2.21. The van der Waals surface area contributed by atoms with Crippen molar-refractivity contribution in [2.75, 3.05) is 22.1 Å². The quantitative estimate of drug-likeness (QED) is 0.358. The van der Waals surface area contributed by atoms with Crippen molar-refractivity contribution in [2.45, 2.75) is 36.8 Å². The number of rotatable bonds is 10. The molecule has 11 heteroatoms. The average molecular weight is 517 g/mol. The fourth-order valence-corrected chi connectivity index (χ4v) is 5.35. The molecule has 4 atom stereocenters. The predicted octanol–water partition coefficient (Wildman–Crippen LogP) is 3.00. The second kappa shape index (κ2) is 11.8. The standard InChI is InChI=1S/C22H26Cl2N2O6S/c1-13(27)25-17-7-3-15(4-8-17)21(23)19(29)11-33(31,32)12-20(30)22(24)16-5-9-18(10-6-16)26-14(2)28/h3-10,19-22,29-30H,11-12H2,1-2H3,(H,25,27)(H,26,28). The lowest BCUT2D eigenvalue weighted by molar-refractivity contribution is -0.115. The van der Waals surface area contributed by atoms with Crippen LogP contribution in [-0.4, -0.2) is 54.2 Å². The van der Waals surface area contributed by atoms with Gasteiger partial charge in [0.25, 0.3) is 0 Å². The van der Waals surface area contributed by atoms with Crippen molar-refractivity contribution in [1.82, 2.24) is 0 Å². The monoisotopic (exact) mass is 516 g/mol. The smallest absolute Gasteiger partial charge is 0.221 e. The molecule has 4 N–H and O–H groups in total. The van der Waals surface area contributed by atoms with E-state index in [4.69, 9.17) is 23.2 Å². The Kier molecular flexibility index (Phi) is 9.69. The summed E-state index contributed by atoms with van der Waals surface area (Å²) in [6.07, 6.45) is -2.86. The van der Waals surface area contributed by atoms with E-state index in [9.17, 15) is 28.2 Å². The minimum absolute atomic E-state index is 0.240. The molecule has 2 aromatic carbocycles. The van der Waals surface area contributed by atoms with Crippen LogP contribution in [0.2, 0.25) is 0 Å². The van der Waals surface area contributed by atoms with Crippen LogP contribution >= 0.6 is 23.2 Å². The Morgan fingerprint density at radius 3 is 1.33 bits per heavy atom. The Labute approximate surface area is 202 Å². The van der Waals surface area contributed by atoms with Crippen LogP contribution in [0.5, 0.6) is 0 Å². The first-order chi connectivity index (χ1) is 15.4. The van der Waals surface area contributed by atoms with E-state index < -0.39 is 44.3 Å². The molecule has 0 saturated heterocycles. The van der Waals surface area contributed by atoms with E-state index in [1.807, 2.05) is 0 Å². The number of aliphatic hydroxyl groups is 2. The number of alkyl halides is 2. The first-order valence-corrected chi connectivity index (χ1v) is 12.7. The molecule has 8 nitrogen and oxygen atoms in total. The molecule has 0 saturated carbocycles. The number of sulfone groups is 1. The maximum atomic E-state index is 12.5. The molecule has 4 unspecified atom stereocenters. The zero-order valence-corrected chi connectivity index (χ0v) is 20.4. The van der Waals surface area contributed by atoms with Crippen LogP contribution in [0.4, 0.5) is 11.4 Å². The normalized spacial score (nSPS) is 15.2. The molecule has 0 fully saturated rings. The highest BCUT2D eigenvalue weighted by atomic mass is 35.5. The lowest BCUT2D eigenvalue weighted by atomic mass is 10.1. The van der Waals surface area contributed by atoms with Gasteiger partial charge in [-0.2, -0.15) is 0 Å². The lowest BCUT2D eigenvalue weighted by Crippen LogP contribution is -2.32. The summed E-state index contributed by atoms with van der Waals surface area (Å²) in [7, 11) is -3.92. The van der Waals surface area contributed by atoms with Gasteiger partial charge in [-0.15, -0.1) is 23.2 Å². The summed E-state index contributed by atoms with van der Waals surface area (Å²) in [6, 6.07) is 12.7. The number of anilines is 2. The van der Waals surface area contributed by atoms with Crippen LogP contribution in [0.15, 0.2) is 48.5 Å². The second-order valence-corrected chi connectivity index (χ2v) is 10.7. The Hall–Kier alpha value is -2.17. The number of hydrogen-bond donors (Lipinski definition) is 4. The molecular weight excluding hydrogens is 491 g/mol. The number of hydrogen-bond acceptors (Lipinski definition) is 6. The molecule has 2 aromatic rings. The topological polar surface area (TPSA) is 133 Å². The maximum absolute atomic E-state index is 12.5. The third-order valence-corrected chi connectivity index (χ3v) is 7.41. The fraction of sp³-hybridized carbons (Fsp3) is 0.364. The van der Waals surface area contributed by atoms with E-state index in [2.05, 4.69) is 10.6 Å². The third kappa shape index (κ3) is 8.60. The highest BCUT2D eigenvalue weighted by Gasteiger charge is 2.30. The summed E-state index contributed by atoms with van der Waals surface area (Å²) < 4.78 is 25.1. The Balaban J connectivity index is 1.98. The molecule has 0 bridgehead atoms. The van der Waals surface area contributed by atoms with Crippen LogP contribution in [0, 0.1) is 0 Å². The largest absolute Gasteiger partial charge is 0.390 e. The summed E-state index contributed by atoms with van der Waals surface area (Å²) in [6.45, 7) is 2.74. The van der Waals surface area contributed by atoms with Gasteiger partial charge in [-0.05, 0) is 35.4 Å². The van der Waals surface area contributed by atoms with Gasteiger partial charge in [-0.1, -0.05) is 24.3 Å². The molecule has 0 aliphatic heterocycles. The number of amides is 2. The van der Waals surface area contributed by atoms with Crippen LogP contribution in [0.1, 0.15) is 35.7 Å². The van der Waals surface area contributed by atoms with Gasteiger partial charge in [-0.3, -0.25) is 9.59 Å². The molecule has 0 aliphatic carbocycles. The van der Waals surface area contributed by atoms with Crippen molar-refractivity contribution in [3.05, 3.63) is 59.7 Å². The number of nitrogens with one attached hydrogen (secondary N) is 2. The van der Waals surface area contributed by atoms with E-state index in [1.54, 1.807) is 48.5 Å². The van der Waals surface area contributed by atoms with Crippen molar-refractivity contribution in [3.8, 4) is 0 Å². The van der Waals surface area contributed by atoms with Crippen molar-refractivity contribution < 1.29 is 28.2 Å². The Bertz CT molecular complexity index is 982. The molecule has 0 aliphatic rings. The number of halogens is 2. The van der Waals surface area contributed by atoms with Gasteiger partial charge in [-0.25, -0.2) is 8.42 Å². The minimum atomic E-state index is -3.92. The summed E-state index contributed by atoms with van der Waals surface area (Å²) >= 11 is 12.5. The van der Waals surface area contributed by atoms with Crippen LogP contribution in [0.3, 0.4) is 0 Å². The highest BCUT2D eigenvalue weighted by Crippen LogP contribution is 2.29. The van der Waals surface area contributed by atoms with Gasteiger partial charge in [0.15, 0.2) is 9.84 Å². The van der Waals surface area contributed by atoms with Gasteiger partial charge >= 0.3 is 0 Å². The molecule has 2 rings (SSSR count). The summed E-state index contributed by atoms with van der Waals surface area (Å²) in [5, 5.41) is 23.9. The highest BCUT2D eigenvalue weighted by molar-refractivity contribution is 7.91. The molecule has 0 radical (unpaired) electrons. The number of aliphatic hydroxyl groups excluding tert-OH is 2. The van der Waals surface area contributed by atoms with Crippen molar-refractivity contribution in [2.24, 2.45) is 0 Å². The number of carbonyl (C=O) groups is 2. The average Bonchev–Trinajstić information content (AvgIpc) is 2.72. The molecular formula is C22H26Cl2N2O6S. The zero-order chi connectivity index (χ0) is 24.8. The minimum Gasteiger partial charge on any atom is -0.390 e. The van der Waals surface area contributed by atoms with E-state index in [0.717, 1.165) is 0 Å². The Morgan fingerprint density at radius 1 is 0.758 bits per heavy atom. The zero-order valence-electron chi connectivity index (χ0n) is 18.0. The molecule has 33 heavy (non-hydrogen) atoms. The predicted molar refractivity (Wildman–Crippen MR) is 129 cm³/mol. The van der Waals surface area contributed by atoms with E-state index in [0.29, 0.717) is 22.5 Å². The summed E-state index contributed by atoms with van der Waals surface area (Å²) in [4.78, 5) is 22.2. The first-order valence-electron chi connectivity index (χ1n) is 9.98. The van der Waals surface area contributed by atoms with Gasteiger partial charge in [0.2, 0.25) is 11.8 Å². The van der Waals surface area contributed by atoms with Crippen molar-refractivity contribution >= 4 is 56.2 Å². The van der Waals surface area contributed by atoms with E-state index in [1.165, 1.54) is 13.8 Å². The van der Waals surface area contributed by atoms with Crippen molar-refractivity contribution in [1.29, 1.82) is 0 Å².